The first-order valence-electron chi connectivity index (χ1n) is 8.71. The average molecular weight is 442 g/mol. The number of methoxy groups -OCH3 is 1. The van der Waals surface area contributed by atoms with Gasteiger partial charge < -0.3 is 10.1 Å². The number of nitrogens with one attached hydrogen (secondary N) is 1. The number of amides is 1. The third-order valence-corrected chi connectivity index (χ3v) is 4.83. The van der Waals surface area contributed by atoms with Crippen molar-refractivity contribution in [2.45, 2.75) is 19.9 Å². The maximum absolute atomic E-state index is 12.8. The van der Waals surface area contributed by atoms with E-state index in [4.69, 9.17) is 4.74 Å². The van der Waals surface area contributed by atoms with E-state index < -0.39 is 0 Å². The van der Waals surface area contributed by atoms with Crippen LogP contribution in [0.4, 0.5) is 5.69 Å². The highest BCUT2D eigenvalue weighted by atomic mass is 79.9. The van der Waals surface area contributed by atoms with Gasteiger partial charge in [0.15, 0.2) is 0 Å². The first kappa shape index (κ1) is 19.8. The van der Waals surface area contributed by atoms with Gasteiger partial charge in [-0.25, -0.2) is 4.68 Å². The van der Waals surface area contributed by atoms with E-state index >= 15 is 0 Å². The van der Waals surface area contributed by atoms with Crippen molar-refractivity contribution in [3.8, 4) is 5.75 Å². The molecule has 2 aromatic carbocycles. The van der Waals surface area contributed by atoms with E-state index in [1.165, 1.54) is 4.68 Å². The van der Waals surface area contributed by atoms with Gasteiger partial charge in [0.05, 0.1) is 18.5 Å². The summed E-state index contributed by atoms with van der Waals surface area (Å²) in [6.45, 7) is 1.64. The van der Waals surface area contributed by atoms with Crippen LogP contribution in [0.15, 0.2) is 63.9 Å². The number of aryl methyl sites for hydroxylation is 1. The van der Waals surface area contributed by atoms with E-state index in [0.717, 1.165) is 15.8 Å². The second kappa shape index (κ2) is 8.84. The van der Waals surface area contributed by atoms with Gasteiger partial charge in [0.25, 0.3) is 5.56 Å². The minimum absolute atomic E-state index is 0.160. The highest BCUT2D eigenvalue weighted by Gasteiger charge is 2.12. The van der Waals surface area contributed by atoms with Crippen molar-refractivity contribution in [2.24, 2.45) is 0 Å². The fourth-order valence-corrected chi connectivity index (χ4v) is 3.25. The maximum Gasteiger partial charge on any atom is 0.270 e. The van der Waals surface area contributed by atoms with E-state index in [0.29, 0.717) is 23.4 Å². The number of hydrogen-bond donors (Lipinski definition) is 1. The molecule has 1 amide bonds. The lowest BCUT2D eigenvalue weighted by molar-refractivity contribution is -0.117. The molecule has 0 atom stereocenters. The zero-order chi connectivity index (χ0) is 20.1. The molecule has 0 aliphatic carbocycles. The smallest absolute Gasteiger partial charge is 0.270 e. The molecule has 28 heavy (non-hydrogen) atoms. The fraction of sp³-hybridized carbons (Fsp3) is 0.190. The van der Waals surface area contributed by atoms with E-state index in [2.05, 4.69) is 26.3 Å². The number of benzene rings is 2. The number of rotatable bonds is 6. The quantitative estimate of drug-likeness (QED) is 0.634. The lowest BCUT2D eigenvalue weighted by atomic mass is 10.1. The van der Waals surface area contributed by atoms with Crippen LogP contribution in [0.2, 0.25) is 0 Å². The molecule has 0 unspecified atom stereocenters. The largest absolute Gasteiger partial charge is 0.497 e. The fourth-order valence-electron chi connectivity index (χ4n) is 2.87. The van der Waals surface area contributed by atoms with E-state index in [9.17, 15) is 9.59 Å². The minimum atomic E-state index is -0.320. The van der Waals surface area contributed by atoms with Crippen LogP contribution in [0.25, 0.3) is 0 Å². The highest BCUT2D eigenvalue weighted by molar-refractivity contribution is 9.10. The van der Waals surface area contributed by atoms with Gasteiger partial charge in [0.1, 0.15) is 12.3 Å². The van der Waals surface area contributed by atoms with Gasteiger partial charge in [-0.05, 0) is 58.7 Å². The number of aromatic nitrogens is 2. The summed E-state index contributed by atoms with van der Waals surface area (Å²) >= 11 is 3.39. The number of carbonyl (C=O) groups is 1. The lowest BCUT2D eigenvalue weighted by Gasteiger charge is -2.11. The van der Waals surface area contributed by atoms with Gasteiger partial charge in [0.2, 0.25) is 5.91 Å². The molecule has 3 rings (SSSR count). The molecule has 0 spiro atoms. The number of carbonyl (C=O) groups excluding carboxylic acids is 1. The Bertz CT molecular complexity index is 1060. The van der Waals surface area contributed by atoms with Gasteiger partial charge >= 0.3 is 0 Å². The molecule has 144 valence electrons. The summed E-state index contributed by atoms with van der Waals surface area (Å²) in [7, 11) is 1.60. The van der Waals surface area contributed by atoms with Crippen LogP contribution in [-0.2, 0) is 17.8 Å². The van der Waals surface area contributed by atoms with Crippen LogP contribution in [0.1, 0.15) is 16.8 Å². The molecule has 0 radical (unpaired) electrons. The zero-order valence-electron chi connectivity index (χ0n) is 15.6. The number of nitrogens with zero attached hydrogens (tertiary/aromatic N) is 2. The second-order valence-corrected chi connectivity index (χ2v) is 7.18. The summed E-state index contributed by atoms with van der Waals surface area (Å²) in [5, 5.41) is 7.01. The second-order valence-electron chi connectivity index (χ2n) is 6.33. The highest BCUT2D eigenvalue weighted by Crippen LogP contribution is 2.21. The van der Waals surface area contributed by atoms with Gasteiger partial charge in [-0.1, -0.05) is 24.3 Å². The number of halogens is 1. The number of hydrogen-bond acceptors (Lipinski definition) is 4. The third-order valence-electron chi connectivity index (χ3n) is 4.14. The molecule has 0 aliphatic rings. The molecule has 7 heteroatoms. The van der Waals surface area contributed by atoms with E-state index in [-0.39, 0.29) is 18.0 Å². The van der Waals surface area contributed by atoms with Gasteiger partial charge in [-0.15, -0.1) is 0 Å². The Labute approximate surface area is 171 Å². The Morgan fingerprint density at radius 1 is 1.18 bits per heavy atom. The molecule has 1 aromatic heterocycles. The summed E-state index contributed by atoms with van der Waals surface area (Å²) in [5.41, 5.74) is 2.56. The number of anilines is 1. The van der Waals surface area contributed by atoms with Crippen molar-refractivity contribution >= 4 is 27.5 Å². The van der Waals surface area contributed by atoms with Crippen molar-refractivity contribution in [3.05, 3.63) is 86.2 Å². The van der Waals surface area contributed by atoms with Crippen molar-refractivity contribution < 1.29 is 9.53 Å². The summed E-state index contributed by atoms with van der Waals surface area (Å²) in [6, 6.07) is 16.6. The Morgan fingerprint density at radius 2 is 1.96 bits per heavy atom. The molecular formula is C21H20BrN3O3. The van der Waals surface area contributed by atoms with Crippen LogP contribution >= 0.6 is 15.9 Å². The van der Waals surface area contributed by atoms with Gasteiger partial charge in [-0.3, -0.25) is 9.59 Å². The Morgan fingerprint density at radius 3 is 2.71 bits per heavy atom. The molecule has 0 bridgehead atoms. The topological polar surface area (TPSA) is 73.2 Å². The summed E-state index contributed by atoms with van der Waals surface area (Å²) < 4.78 is 7.21. The third kappa shape index (κ3) is 4.86. The molecule has 1 heterocycles. The Kier molecular flexibility index (Phi) is 6.26. The van der Waals surface area contributed by atoms with Crippen LogP contribution in [0.3, 0.4) is 0 Å². The molecule has 3 aromatic rings. The summed E-state index contributed by atoms with van der Waals surface area (Å²) in [5.74, 6) is 0.413. The van der Waals surface area contributed by atoms with Gasteiger partial charge in [0, 0.05) is 16.5 Å². The molecule has 1 N–H and O–H groups in total. The molecule has 0 aliphatic heterocycles. The molecule has 0 saturated heterocycles. The predicted octanol–water partition coefficient (Wildman–Crippen LogP) is 3.55. The number of para-hydroxylation sites is 1. The molecular weight excluding hydrogens is 422 g/mol. The number of ether oxygens (including phenoxy) is 1. The van der Waals surface area contributed by atoms with Crippen LogP contribution in [-0.4, -0.2) is 22.8 Å². The van der Waals surface area contributed by atoms with Gasteiger partial charge in [-0.2, -0.15) is 5.10 Å². The summed E-state index contributed by atoms with van der Waals surface area (Å²) in [6.07, 6.45) is 0.436. The SMILES string of the molecule is COc1cccc(Cc2cc(C)nn(CC(=O)Nc3ccccc3Br)c2=O)c1. The zero-order valence-corrected chi connectivity index (χ0v) is 17.2. The predicted molar refractivity (Wildman–Crippen MR) is 112 cm³/mol. The minimum Gasteiger partial charge on any atom is -0.497 e. The van der Waals surface area contributed by atoms with E-state index in [1.54, 1.807) is 26.2 Å². The molecule has 0 fully saturated rings. The maximum atomic E-state index is 12.8. The average Bonchev–Trinajstić information content (AvgIpc) is 2.67. The normalized spacial score (nSPS) is 10.5. The van der Waals surface area contributed by atoms with Crippen molar-refractivity contribution in [2.75, 3.05) is 12.4 Å². The van der Waals surface area contributed by atoms with Crippen molar-refractivity contribution in [1.82, 2.24) is 9.78 Å². The molecule has 0 saturated carbocycles. The van der Waals surface area contributed by atoms with Crippen molar-refractivity contribution in [3.63, 3.8) is 0 Å². The van der Waals surface area contributed by atoms with Crippen molar-refractivity contribution in [1.29, 1.82) is 0 Å². The first-order chi connectivity index (χ1) is 13.5. The van der Waals surface area contributed by atoms with Crippen LogP contribution in [0.5, 0.6) is 5.75 Å². The summed E-state index contributed by atoms with van der Waals surface area (Å²) in [4.78, 5) is 25.2. The first-order valence-corrected chi connectivity index (χ1v) is 9.50. The monoisotopic (exact) mass is 441 g/mol. The van der Waals surface area contributed by atoms with Crippen LogP contribution < -0.4 is 15.6 Å². The van der Waals surface area contributed by atoms with E-state index in [1.807, 2.05) is 42.5 Å². The lowest BCUT2D eigenvalue weighted by Crippen LogP contribution is -2.32. The molecule has 6 nitrogen and oxygen atoms in total. The Hall–Kier alpha value is -2.93. The van der Waals surface area contributed by atoms with Crippen LogP contribution in [0, 0.1) is 6.92 Å². The standard InChI is InChI=1S/C21H20BrN3O3/c1-14-10-16(11-15-6-5-7-17(12-15)28-2)21(27)25(24-14)13-20(26)23-19-9-4-3-8-18(19)22/h3-10,12H,11,13H2,1-2H3,(H,23,26). The Balaban J connectivity index is 1.81.